The largest absolute Gasteiger partial charge is 0.416 e. The SMILES string of the molecule is C=CC[C@H](O)[C@@H](CO[Si](C)(C)C(C)(C)C)C(=C)C. The van der Waals surface area contributed by atoms with Crippen molar-refractivity contribution < 1.29 is 9.53 Å². The van der Waals surface area contributed by atoms with Crippen molar-refractivity contribution in [1.82, 2.24) is 0 Å². The van der Waals surface area contributed by atoms with Crippen LogP contribution >= 0.6 is 0 Å². The van der Waals surface area contributed by atoms with Gasteiger partial charge >= 0.3 is 0 Å². The van der Waals surface area contributed by atoms with Crippen molar-refractivity contribution in [2.75, 3.05) is 6.61 Å². The van der Waals surface area contributed by atoms with Gasteiger partial charge in [0.15, 0.2) is 8.32 Å². The van der Waals surface area contributed by atoms with Gasteiger partial charge in [-0.2, -0.15) is 0 Å². The molecule has 0 bridgehead atoms. The van der Waals surface area contributed by atoms with E-state index in [0.717, 1.165) is 5.57 Å². The molecule has 0 aliphatic heterocycles. The summed E-state index contributed by atoms with van der Waals surface area (Å²) in [6.45, 7) is 21.2. The third kappa shape index (κ3) is 5.08. The molecular formula is C15H30O2Si. The maximum absolute atomic E-state index is 10.1. The van der Waals surface area contributed by atoms with E-state index >= 15 is 0 Å². The molecule has 0 radical (unpaired) electrons. The van der Waals surface area contributed by atoms with Crippen molar-refractivity contribution in [1.29, 1.82) is 0 Å². The topological polar surface area (TPSA) is 29.5 Å². The first-order valence-corrected chi connectivity index (χ1v) is 9.52. The molecular weight excluding hydrogens is 240 g/mol. The molecule has 18 heavy (non-hydrogen) atoms. The number of aliphatic hydroxyl groups is 1. The Morgan fingerprint density at radius 3 is 2.22 bits per heavy atom. The molecule has 0 aromatic heterocycles. The van der Waals surface area contributed by atoms with E-state index in [1.807, 2.05) is 6.92 Å². The molecule has 106 valence electrons. The molecule has 0 spiro atoms. The number of hydrogen-bond donors (Lipinski definition) is 1. The molecule has 0 aromatic carbocycles. The molecule has 0 rings (SSSR count). The fraction of sp³-hybridized carbons (Fsp3) is 0.733. The Morgan fingerprint density at radius 2 is 1.89 bits per heavy atom. The highest BCUT2D eigenvalue weighted by atomic mass is 28.4. The lowest BCUT2D eigenvalue weighted by Crippen LogP contribution is -2.43. The minimum atomic E-state index is -1.76. The predicted octanol–water partition coefficient (Wildman–Crippen LogP) is 4.14. The fourth-order valence-corrected chi connectivity index (χ4v) is 2.46. The van der Waals surface area contributed by atoms with Crippen LogP contribution < -0.4 is 0 Å². The zero-order chi connectivity index (χ0) is 14.6. The van der Waals surface area contributed by atoms with Crippen molar-refractivity contribution in [3.63, 3.8) is 0 Å². The van der Waals surface area contributed by atoms with Crippen molar-refractivity contribution in [2.45, 2.75) is 58.4 Å². The molecule has 3 heteroatoms. The average molecular weight is 270 g/mol. The second-order valence-electron chi connectivity index (χ2n) is 6.62. The highest BCUT2D eigenvalue weighted by molar-refractivity contribution is 6.74. The fourth-order valence-electron chi connectivity index (χ4n) is 1.43. The standard InChI is InChI=1S/C15H30O2Si/c1-9-10-14(16)13(12(2)3)11-17-18(7,8)15(4,5)6/h9,13-14,16H,1-2,10-11H2,3-8H3/t13-,14-/m0/s1. The Labute approximate surface area is 114 Å². The Bertz CT molecular complexity index is 289. The first-order chi connectivity index (χ1) is 8.03. The summed E-state index contributed by atoms with van der Waals surface area (Å²) in [4.78, 5) is 0. The van der Waals surface area contributed by atoms with Crippen LogP contribution in [0.1, 0.15) is 34.1 Å². The lowest BCUT2D eigenvalue weighted by atomic mass is 9.94. The van der Waals surface area contributed by atoms with Crippen LogP contribution in [-0.4, -0.2) is 26.1 Å². The van der Waals surface area contributed by atoms with Gasteiger partial charge in [-0.15, -0.1) is 6.58 Å². The zero-order valence-electron chi connectivity index (χ0n) is 12.9. The Balaban J connectivity index is 4.64. The van der Waals surface area contributed by atoms with E-state index < -0.39 is 14.4 Å². The Kier molecular flexibility index (Phi) is 6.55. The van der Waals surface area contributed by atoms with Crippen molar-refractivity contribution in [3.8, 4) is 0 Å². The monoisotopic (exact) mass is 270 g/mol. The van der Waals surface area contributed by atoms with E-state index in [2.05, 4.69) is 47.0 Å². The molecule has 0 amide bonds. The highest BCUT2D eigenvalue weighted by Crippen LogP contribution is 2.37. The minimum absolute atomic E-state index is 0.00266. The van der Waals surface area contributed by atoms with Gasteiger partial charge in [-0.3, -0.25) is 0 Å². The molecule has 0 aliphatic rings. The van der Waals surface area contributed by atoms with Gasteiger partial charge in [0.25, 0.3) is 0 Å². The molecule has 2 nitrogen and oxygen atoms in total. The Morgan fingerprint density at radius 1 is 1.39 bits per heavy atom. The van der Waals surface area contributed by atoms with E-state index in [0.29, 0.717) is 13.0 Å². The quantitative estimate of drug-likeness (QED) is 0.556. The summed E-state index contributed by atoms with van der Waals surface area (Å²) in [7, 11) is -1.76. The second-order valence-corrected chi connectivity index (χ2v) is 11.4. The normalized spacial score (nSPS) is 16.2. The first kappa shape index (κ1) is 17.6. The number of aliphatic hydroxyl groups excluding tert-OH is 1. The summed E-state index contributed by atoms with van der Waals surface area (Å²) in [5.41, 5.74) is 0.975. The van der Waals surface area contributed by atoms with Crippen molar-refractivity contribution >= 4 is 8.32 Å². The molecule has 1 N–H and O–H groups in total. The van der Waals surface area contributed by atoms with Gasteiger partial charge in [-0.05, 0) is 31.5 Å². The smallest absolute Gasteiger partial charge is 0.192 e. The third-order valence-electron chi connectivity index (χ3n) is 3.94. The molecule has 0 unspecified atom stereocenters. The van der Waals surface area contributed by atoms with Gasteiger partial charge in [0, 0.05) is 12.5 Å². The molecule has 0 aromatic rings. The molecule has 0 fully saturated rings. The summed E-state index contributed by atoms with van der Waals surface area (Å²) in [6, 6.07) is 0. The maximum Gasteiger partial charge on any atom is 0.192 e. The van der Waals surface area contributed by atoms with Crippen LogP contribution in [0.15, 0.2) is 24.8 Å². The summed E-state index contributed by atoms with van der Waals surface area (Å²) < 4.78 is 6.17. The van der Waals surface area contributed by atoms with Crippen LogP contribution in [0, 0.1) is 5.92 Å². The van der Waals surface area contributed by atoms with Gasteiger partial charge in [-0.1, -0.05) is 39.0 Å². The summed E-state index contributed by atoms with van der Waals surface area (Å²) in [5, 5.41) is 10.3. The molecule has 0 saturated heterocycles. The van der Waals surface area contributed by atoms with Crippen LogP contribution in [0.4, 0.5) is 0 Å². The van der Waals surface area contributed by atoms with E-state index in [-0.39, 0.29) is 11.0 Å². The first-order valence-electron chi connectivity index (χ1n) is 6.61. The lowest BCUT2D eigenvalue weighted by molar-refractivity contribution is 0.0915. The lowest BCUT2D eigenvalue weighted by Gasteiger charge is -2.38. The second kappa shape index (κ2) is 6.69. The van der Waals surface area contributed by atoms with Gasteiger partial charge < -0.3 is 9.53 Å². The van der Waals surface area contributed by atoms with E-state index in [4.69, 9.17) is 4.43 Å². The number of rotatable bonds is 7. The van der Waals surface area contributed by atoms with Crippen LogP contribution in [0.25, 0.3) is 0 Å². The summed E-state index contributed by atoms with van der Waals surface area (Å²) >= 11 is 0. The van der Waals surface area contributed by atoms with Crippen LogP contribution in [0.5, 0.6) is 0 Å². The Hall–Kier alpha value is -0.383. The summed E-state index contributed by atoms with van der Waals surface area (Å²) in [5.74, 6) is -0.00266. The molecule has 2 atom stereocenters. The van der Waals surface area contributed by atoms with Crippen molar-refractivity contribution in [2.24, 2.45) is 5.92 Å². The van der Waals surface area contributed by atoms with Crippen LogP contribution in [0.2, 0.25) is 18.1 Å². The van der Waals surface area contributed by atoms with E-state index in [1.54, 1.807) is 6.08 Å². The number of hydrogen-bond acceptors (Lipinski definition) is 2. The molecule has 0 aliphatic carbocycles. The van der Waals surface area contributed by atoms with Gasteiger partial charge in [-0.25, -0.2) is 0 Å². The average Bonchev–Trinajstić information content (AvgIpc) is 2.15. The zero-order valence-corrected chi connectivity index (χ0v) is 13.9. The van der Waals surface area contributed by atoms with Crippen molar-refractivity contribution in [3.05, 3.63) is 24.8 Å². The molecule has 0 saturated carbocycles. The maximum atomic E-state index is 10.1. The van der Waals surface area contributed by atoms with E-state index in [9.17, 15) is 5.11 Å². The van der Waals surface area contributed by atoms with Gasteiger partial charge in [0.1, 0.15) is 0 Å². The van der Waals surface area contributed by atoms with Gasteiger partial charge in [0.05, 0.1) is 6.10 Å². The van der Waals surface area contributed by atoms with Gasteiger partial charge in [0.2, 0.25) is 0 Å². The van der Waals surface area contributed by atoms with Crippen LogP contribution in [0.3, 0.4) is 0 Å². The minimum Gasteiger partial charge on any atom is -0.416 e. The van der Waals surface area contributed by atoms with Crippen LogP contribution in [-0.2, 0) is 4.43 Å². The third-order valence-corrected chi connectivity index (χ3v) is 8.44. The summed E-state index contributed by atoms with van der Waals surface area (Å²) in [6.07, 6.45) is 1.88. The predicted molar refractivity (Wildman–Crippen MR) is 82.3 cm³/mol. The highest BCUT2D eigenvalue weighted by Gasteiger charge is 2.38. The molecule has 0 heterocycles. The van der Waals surface area contributed by atoms with E-state index in [1.165, 1.54) is 0 Å².